The van der Waals surface area contributed by atoms with E-state index in [2.05, 4.69) is 27.3 Å². The summed E-state index contributed by atoms with van der Waals surface area (Å²) in [4.78, 5) is 14.6. The minimum Gasteiger partial charge on any atom is -0.334 e. The van der Waals surface area contributed by atoms with Gasteiger partial charge in [-0.25, -0.2) is 0 Å². The van der Waals surface area contributed by atoms with Crippen LogP contribution in [0.25, 0.3) is 5.57 Å². The van der Waals surface area contributed by atoms with Gasteiger partial charge in [0, 0.05) is 46.4 Å². The van der Waals surface area contributed by atoms with Crippen molar-refractivity contribution < 1.29 is 4.79 Å². The van der Waals surface area contributed by atoms with Gasteiger partial charge >= 0.3 is 0 Å². The maximum absolute atomic E-state index is 12.7. The lowest BCUT2D eigenvalue weighted by Crippen LogP contribution is -2.36. The van der Waals surface area contributed by atoms with Crippen LogP contribution < -0.4 is 5.32 Å². The molecule has 2 aromatic carbocycles. The number of carbonyl (C=O) groups excluding carboxylic acids is 1. The van der Waals surface area contributed by atoms with Crippen molar-refractivity contribution in [3.63, 3.8) is 0 Å². The van der Waals surface area contributed by atoms with Gasteiger partial charge < -0.3 is 4.90 Å². The summed E-state index contributed by atoms with van der Waals surface area (Å²) in [6.45, 7) is 1.37. The summed E-state index contributed by atoms with van der Waals surface area (Å²) in [5.41, 5.74) is 5.28. The highest BCUT2D eigenvalue weighted by Gasteiger charge is 2.30. The van der Waals surface area contributed by atoms with Crippen molar-refractivity contribution in [3.8, 4) is 0 Å². The molecule has 0 spiro atoms. The standard InChI is InChI=1S/C18H14BrN2O/c19-13-7-5-12(6-8-13)18(22)21-10-9-17-15(11-21)14-3-1-2-4-16(14)20-17/h1-8H,9-11H2. The van der Waals surface area contributed by atoms with Crippen LogP contribution in [0.3, 0.4) is 0 Å². The van der Waals surface area contributed by atoms with Crippen LogP contribution in [-0.2, 0) is 0 Å². The summed E-state index contributed by atoms with van der Waals surface area (Å²) >= 11 is 3.40. The third kappa shape index (κ3) is 2.24. The molecule has 0 N–H and O–H groups in total. The summed E-state index contributed by atoms with van der Waals surface area (Å²) in [6.07, 6.45) is 0.826. The molecule has 2 heterocycles. The second-order valence-electron chi connectivity index (χ2n) is 5.54. The van der Waals surface area contributed by atoms with E-state index in [0.29, 0.717) is 6.54 Å². The number of carbonyl (C=O) groups is 1. The Balaban J connectivity index is 1.60. The van der Waals surface area contributed by atoms with Crippen molar-refractivity contribution in [1.29, 1.82) is 0 Å². The number of para-hydroxylation sites is 1. The molecule has 0 saturated heterocycles. The molecule has 0 aliphatic carbocycles. The van der Waals surface area contributed by atoms with Gasteiger partial charge in [0.05, 0.1) is 5.69 Å². The molecule has 2 aromatic rings. The Morgan fingerprint density at radius 2 is 1.86 bits per heavy atom. The number of fused-ring (bicyclic) bond motifs is 2. The van der Waals surface area contributed by atoms with E-state index in [4.69, 9.17) is 0 Å². The number of hydrogen-bond acceptors (Lipinski definition) is 1. The number of benzene rings is 2. The Bertz CT molecular complexity index is 780. The van der Waals surface area contributed by atoms with Crippen molar-refractivity contribution in [2.24, 2.45) is 0 Å². The fourth-order valence-electron chi connectivity index (χ4n) is 3.04. The highest BCUT2D eigenvalue weighted by molar-refractivity contribution is 9.10. The molecule has 0 bridgehead atoms. The number of amides is 1. The second kappa shape index (κ2) is 5.29. The maximum atomic E-state index is 12.7. The van der Waals surface area contributed by atoms with Gasteiger partial charge in [-0.1, -0.05) is 34.1 Å². The van der Waals surface area contributed by atoms with Gasteiger partial charge in [-0.05, 0) is 30.3 Å². The summed E-state index contributed by atoms with van der Waals surface area (Å²) in [5.74, 6) is 0.0865. The van der Waals surface area contributed by atoms with Crippen molar-refractivity contribution in [2.75, 3.05) is 13.1 Å². The van der Waals surface area contributed by atoms with E-state index in [1.807, 2.05) is 47.4 Å². The lowest BCUT2D eigenvalue weighted by Gasteiger charge is -2.28. The predicted molar refractivity (Wildman–Crippen MR) is 89.8 cm³/mol. The average Bonchev–Trinajstić information content (AvgIpc) is 2.92. The van der Waals surface area contributed by atoms with Gasteiger partial charge in [0.15, 0.2) is 0 Å². The maximum Gasteiger partial charge on any atom is 0.254 e. The first-order valence-corrected chi connectivity index (χ1v) is 8.10. The zero-order valence-corrected chi connectivity index (χ0v) is 13.5. The van der Waals surface area contributed by atoms with Gasteiger partial charge in [0.25, 0.3) is 5.91 Å². The molecule has 0 fully saturated rings. The lowest BCUT2D eigenvalue weighted by atomic mass is 10.0. The van der Waals surface area contributed by atoms with Crippen LogP contribution in [0.15, 0.2) is 58.7 Å². The first-order chi connectivity index (χ1) is 10.7. The molecule has 4 heteroatoms. The molecular weight excluding hydrogens is 340 g/mol. The van der Waals surface area contributed by atoms with Crippen LogP contribution in [0.5, 0.6) is 0 Å². The number of nitrogens with zero attached hydrogens (tertiary/aromatic N) is 2. The molecule has 2 aliphatic heterocycles. The molecule has 0 unspecified atom stereocenters. The summed E-state index contributed by atoms with van der Waals surface area (Å²) in [7, 11) is 0. The van der Waals surface area contributed by atoms with E-state index in [1.54, 1.807) is 0 Å². The van der Waals surface area contributed by atoms with E-state index in [-0.39, 0.29) is 5.91 Å². The van der Waals surface area contributed by atoms with Crippen molar-refractivity contribution in [3.05, 3.63) is 69.8 Å². The molecule has 2 aliphatic rings. The zero-order valence-electron chi connectivity index (χ0n) is 11.9. The highest BCUT2D eigenvalue weighted by atomic mass is 79.9. The molecular formula is C18H14BrN2O. The quantitative estimate of drug-likeness (QED) is 0.764. The third-order valence-corrected chi connectivity index (χ3v) is 4.71. The Labute approximate surface area is 137 Å². The molecule has 22 heavy (non-hydrogen) atoms. The number of halogens is 1. The molecule has 109 valence electrons. The minimum absolute atomic E-state index is 0.0865. The molecule has 0 saturated carbocycles. The van der Waals surface area contributed by atoms with Crippen LogP contribution in [-0.4, -0.2) is 23.9 Å². The van der Waals surface area contributed by atoms with E-state index < -0.39 is 0 Å². The second-order valence-corrected chi connectivity index (χ2v) is 6.45. The fraction of sp³-hybridized carbons (Fsp3) is 0.167. The first-order valence-electron chi connectivity index (χ1n) is 7.30. The third-order valence-electron chi connectivity index (χ3n) is 4.18. The van der Waals surface area contributed by atoms with Gasteiger partial charge in [-0.15, -0.1) is 0 Å². The SMILES string of the molecule is O=C(c1ccc(Br)cc1)N1CCC2=C(C1)c1ccccc1[N]2. The van der Waals surface area contributed by atoms with Gasteiger partial charge in [0.1, 0.15) is 0 Å². The molecule has 1 radical (unpaired) electrons. The van der Waals surface area contributed by atoms with Gasteiger partial charge in [-0.2, -0.15) is 0 Å². The normalized spacial score (nSPS) is 16.1. The average molecular weight is 354 g/mol. The van der Waals surface area contributed by atoms with Gasteiger partial charge in [0.2, 0.25) is 0 Å². The number of hydrogen-bond donors (Lipinski definition) is 0. The Morgan fingerprint density at radius 1 is 1.09 bits per heavy atom. The molecule has 0 aromatic heterocycles. The van der Waals surface area contributed by atoms with E-state index >= 15 is 0 Å². The van der Waals surface area contributed by atoms with Crippen LogP contribution >= 0.6 is 15.9 Å². The lowest BCUT2D eigenvalue weighted by molar-refractivity contribution is 0.0772. The van der Waals surface area contributed by atoms with E-state index in [1.165, 1.54) is 11.1 Å². The topological polar surface area (TPSA) is 34.4 Å². The summed E-state index contributed by atoms with van der Waals surface area (Å²) < 4.78 is 0.983. The molecule has 1 amide bonds. The molecule has 4 rings (SSSR count). The van der Waals surface area contributed by atoms with Crippen molar-refractivity contribution >= 4 is 33.1 Å². The van der Waals surface area contributed by atoms with E-state index in [0.717, 1.165) is 34.4 Å². The largest absolute Gasteiger partial charge is 0.334 e. The highest BCUT2D eigenvalue weighted by Crippen LogP contribution is 2.38. The monoisotopic (exact) mass is 353 g/mol. The number of rotatable bonds is 1. The smallest absolute Gasteiger partial charge is 0.254 e. The van der Waals surface area contributed by atoms with Crippen LogP contribution in [0.1, 0.15) is 22.3 Å². The fourth-order valence-corrected chi connectivity index (χ4v) is 3.30. The summed E-state index contributed by atoms with van der Waals surface area (Å²) in [6, 6.07) is 15.7. The van der Waals surface area contributed by atoms with Crippen molar-refractivity contribution in [1.82, 2.24) is 10.2 Å². The van der Waals surface area contributed by atoms with Crippen LogP contribution in [0.2, 0.25) is 0 Å². The molecule has 0 atom stereocenters. The summed E-state index contributed by atoms with van der Waals surface area (Å²) in [5, 5.41) is 4.69. The minimum atomic E-state index is 0.0865. The van der Waals surface area contributed by atoms with Crippen LogP contribution in [0.4, 0.5) is 5.69 Å². The Morgan fingerprint density at radius 3 is 2.68 bits per heavy atom. The Hall–Kier alpha value is -2.07. The van der Waals surface area contributed by atoms with Gasteiger partial charge in [-0.3, -0.25) is 10.1 Å². The van der Waals surface area contributed by atoms with Crippen LogP contribution in [0, 0.1) is 0 Å². The predicted octanol–water partition coefficient (Wildman–Crippen LogP) is 3.96. The van der Waals surface area contributed by atoms with E-state index in [9.17, 15) is 4.79 Å². The Kier molecular flexibility index (Phi) is 3.26. The van der Waals surface area contributed by atoms with Crippen molar-refractivity contribution in [2.45, 2.75) is 6.42 Å². The zero-order chi connectivity index (χ0) is 15.1. The first kappa shape index (κ1) is 13.6. The molecule has 3 nitrogen and oxygen atoms in total.